The number of nitrogens with one attached hydrogen (secondary N) is 1. The van der Waals surface area contributed by atoms with Gasteiger partial charge in [-0.15, -0.1) is 0 Å². The Kier molecular flexibility index (Phi) is 7.43. The molecule has 0 saturated carbocycles. The highest BCUT2D eigenvalue weighted by molar-refractivity contribution is 5.99. The number of furan rings is 1. The Hall–Kier alpha value is -3.44. The van der Waals surface area contributed by atoms with Crippen molar-refractivity contribution in [3.8, 4) is 11.6 Å². The van der Waals surface area contributed by atoms with Crippen molar-refractivity contribution < 1.29 is 23.6 Å². The number of morpholine rings is 1. The molecule has 34 heavy (non-hydrogen) atoms. The van der Waals surface area contributed by atoms with Crippen LogP contribution < -0.4 is 10.2 Å². The predicted octanol–water partition coefficient (Wildman–Crippen LogP) is 3.82. The van der Waals surface area contributed by atoms with Crippen LogP contribution in [-0.2, 0) is 20.8 Å². The van der Waals surface area contributed by atoms with E-state index < -0.39 is 4.92 Å². The third-order valence-electron chi connectivity index (χ3n) is 5.69. The summed E-state index contributed by atoms with van der Waals surface area (Å²) in [4.78, 5) is 30.0. The Balaban J connectivity index is 1.84. The summed E-state index contributed by atoms with van der Waals surface area (Å²) in [6, 6.07) is 6.76. The fourth-order valence-electron chi connectivity index (χ4n) is 4.09. The van der Waals surface area contributed by atoms with E-state index in [9.17, 15) is 14.9 Å². The fourth-order valence-corrected chi connectivity index (χ4v) is 4.09. The van der Waals surface area contributed by atoms with Crippen molar-refractivity contribution in [2.45, 2.75) is 32.7 Å². The van der Waals surface area contributed by atoms with E-state index >= 15 is 0 Å². The first kappa shape index (κ1) is 23.7. The fraction of sp³-hybridized carbons (Fsp3) is 0.478. The van der Waals surface area contributed by atoms with Gasteiger partial charge in [0.05, 0.1) is 41.7 Å². The molecule has 1 aromatic carbocycles. The molecule has 0 atom stereocenters. The van der Waals surface area contributed by atoms with Gasteiger partial charge in [-0.05, 0) is 31.0 Å². The van der Waals surface area contributed by atoms with Gasteiger partial charge in [0.2, 0.25) is 5.91 Å². The van der Waals surface area contributed by atoms with Crippen molar-refractivity contribution >= 4 is 34.2 Å². The zero-order valence-corrected chi connectivity index (χ0v) is 19.4. The first-order valence-corrected chi connectivity index (χ1v) is 11.4. The number of nitro groups is 1. The molecule has 182 valence electrons. The summed E-state index contributed by atoms with van der Waals surface area (Å²) in [5, 5.41) is 14.2. The van der Waals surface area contributed by atoms with E-state index in [1.165, 1.54) is 6.07 Å². The zero-order chi connectivity index (χ0) is 24.1. The van der Waals surface area contributed by atoms with Crippen molar-refractivity contribution in [3.05, 3.63) is 34.4 Å². The largest absolute Gasteiger partial charge is 0.433 e. The van der Waals surface area contributed by atoms with Crippen molar-refractivity contribution in [3.63, 3.8) is 0 Å². The lowest BCUT2D eigenvalue weighted by atomic mass is 10.2. The molecule has 0 aliphatic carbocycles. The van der Waals surface area contributed by atoms with E-state index in [0.29, 0.717) is 68.7 Å². The number of hydrogen-bond acceptors (Lipinski definition) is 8. The van der Waals surface area contributed by atoms with Crippen LogP contribution in [0.4, 0.5) is 17.3 Å². The highest BCUT2D eigenvalue weighted by Crippen LogP contribution is 2.36. The van der Waals surface area contributed by atoms with E-state index in [1.54, 1.807) is 13.2 Å². The number of imidazole rings is 1. The maximum atomic E-state index is 12.4. The molecule has 0 radical (unpaired) electrons. The Morgan fingerprint density at radius 2 is 2.09 bits per heavy atom. The van der Waals surface area contributed by atoms with Crippen molar-refractivity contribution in [1.82, 2.24) is 9.55 Å². The number of carbonyl (C=O) groups excluding carboxylic acids is 1. The van der Waals surface area contributed by atoms with Gasteiger partial charge in [-0.25, -0.2) is 4.98 Å². The molecular weight excluding hydrogens is 442 g/mol. The Morgan fingerprint density at radius 1 is 1.29 bits per heavy atom. The molecule has 1 amide bonds. The predicted molar refractivity (Wildman–Crippen MR) is 127 cm³/mol. The SMILES string of the molecule is CCCC(=O)Nc1cc2nc(-c3ccc([N+](=O)[O-])o3)n(CCCOC)c2cc1N1CCOCC1. The third kappa shape index (κ3) is 5.05. The lowest BCUT2D eigenvalue weighted by Gasteiger charge is -2.30. The average Bonchev–Trinajstić information content (AvgIpc) is 3.45. The highest BCUT2D eigenvalue weighted by Gasteiger charge is 2.23. The van der Waals surface area contributed by atoms with Gasteiger partial charge < -0.3 is 28.7 Å². The summed E-state index contributed by atoms with van der Waals surface area (Å²) >= 11 is 0. The van der Waals surface area contributed by atoms with Crippen molar-refractivity contribution in [2.24, 2.45) is 0 Å². The van der Waals surface area contributed by atoms with Crippen LogP contribution in [0.2, 0.25) is 0 Å². The zero-order valence-electron chi connectivity index (χ0n) is 19.4. The van der Waals surface area contributed by atoms with Gasteiger partial charge >= 0.3 is 5.88 Å². The summed E-state index contributed by atoms with van der Waals surface area (Å²) < 4.78 is 18.2. The molecule has 1 aliphatic heterocycles. The molecule has 1 saturated heterocycles. The molecule has 2 aromatic heterocycles. The summed E-state index contributed by atoms with van der Waals surface area (Å²) in [6.07, 6.45) is 1.89. The van der Waals surface area contributed by atoms with E-state index in [4.69, 9.17) is 18.9 Å². The van der Waals surface area contributed by atoms with Crippen molar-refractivity contribution in [1.29, 1.82) is 0 Å². The maximum absolute atomic E-state index is 12.4. The summed E-state index contributed by atoms with van der Waals surface area (Å²) in [7, 11) is 1.64. The molecule has 0 unspecified atom stereocenters. The number of ether oxygens (including phenoxy) is 2. The minimum Gasteiger partial charge on any atom is -0.397 e. The number of hydrogen-bond donors (Lipinski definition) is 1. The molecule has 3 heterocycles. The second-order valence-electron chi connectivity index (χ2n) is 8.08. The molecule has 11 nitrogen and oxygen atoms in total. The van der Waals surface area contributed by atoms with Gasteiger partial charge in [-0.3, -0.25) is 14.9 Å². The molecule has 0 bridgehead atoms. The Labute approximate surface area is 196 Å². The third-order valence-corrected chi connectivity index (χ3v) is 5.69. The maximum Gasteiger partial charge on any atom is 0.433 e. The molecule has 11 heteroatoms. The first-order valence-electron chi connectivity index (χ1n) is 11.4. The molecule has 3 aromatic rings. The van der Waals surface area contributed by atoms with Crippen LogP contribution in [0.1, 0.15) is 26.2 Å². The van der Waals surface area contributed by atoms with Gasteiger partial charge in [0.25, 0.3) is 0 Å². The van der Waals surface area contributed by atoms with E-state index in [0.717, 1.165) is 24.0 Å². The lowest BCUT2D eigenvalue weighted by Crippen LogP contribution is -2.36. The van der Waals surface area contributed by atoms with Crippen molar-refractivity contribution in [2.75, 3.05) is 50.2 Å². The van der Waals surface area contributed by atoms with Crippen LogP contribution in [0.25, 0.3) is 22.6 Å². The van der Waals surface area contributed by atoms with Crippen LogP contribution in [0.15, 0.2) is 28.7 Å². The number of carbonyl (C=O) groups is 1. The van der Waals surface area contributed by atoms with Crippen LogP contribution in [0, 0.1) is 10.1 Å². The number of fused-ring (bicyclic) bond motifs is 1. The highest BCUT2D eigenvalue weighted by atomic mass is 16.6. The minimum atomic E-state index is -0.570. The first-order chi connectivity index (χ1) is 16.5. The van der Waals surface area contributed by atoms with E-state index in [-0.39, 0.29) is 11.8 Å². The second kappa shape index (κ2) is 10.7. The standard InChI is InChI=1S/C23H29N5O6/c1-3-5-21(29)24-16-14-17-19(15-18(16)26-9-12-33-13-10-26)27(8-4-11-32-2)23(25-17)20-6-7-22(34-20)28(30)31/h6-7,14-15H,3-5,8-13H2,1-2H3,(H,24,29). The van der Waals surface area contributed by atoms with Gasteiger partial charge in [-0.2, -0.15) is 0 Å². The number of rotatable bonds is 10. The van der Waals surface area contributed by atoms with Gasteiger partial charge in [0, 0.05) is 39.8 Å². The van der Waals surface area contributed by atoms with Crippen LogP contribution in [-0.4, -0.2) is 60.4 Å². The second-order valence-corrected chi connectivity index (χ2v) is 8.08. The van der Waals surface area contributed by atoms with Gasteiger partial charge in [-0.1, -0.05) is 6.92 Å². The molecule has 4 rings (SSSR count). The number of amides is 1. The molecular formula is C23H29N5O6. The van der Waals surface area contributed by atoms with Gasteiger partial charge in [0.15, 0.2) is 11.6 Å². The normalized spacial score (nSPS) is 14.0. The summed E-state index contributed by atoms with van der Waals surface area (Å²) in [5.74, 6) is 0.402. The smallest absolute Gasteiger partial charge is 0.397 e. The lowest BCUT2D eigenvalue weighted by molar-refractivity contribution is -0.401. The van der Waals surface area contributed by atoms with Crippen LogP contribution >= 0.6 is 0 Å². The summed E-state index contributed by atoms with van der Waals surface area (Å²) in [5.41, 5.74) is 3.09. The molecule has 1 fully saturated rings. The monoisotopic (exact) mass is 471 g/mol. The number of benzene rings is 1. The molecule has 1 N–H and O–H groups in total. The number of aromatic nitrogens is 2. The molecule has 1 aliphatic rings. The molecule has 0 spiro atoms. The quantitative estimate of drug-likeness (QED) is 0.269. The number of nitrogens with zero attached hydrogens (tertiary/aromatic N) is 4. The minimum absolute atomic E-state index is 0.0576. The van der Waals surface area contributed by atoms with Crippen LogP contribution in [0.3, 0.4) is 0 Å². The topological polar surface area (TPSA) is 125 Å². The average molecular weight is 472 g/mol. The number of anilines is 2. The van der Waals surface area contributed by atoms with Crippen LogP contribution in [0.5, 0.6) is 0 Å². The summed E-state index contributed by atoms with van der Waals surface area (Å²) in [6.45, 7) is 5.72. The number of methoxy groups -OCH3 is 1. The number of aryl methyl sites for hydroxylation is 1. The van der Waals surface area contributed by atoms with E-state index in [2.05, 4.69) is 10.2 Å². The Bertz CT molecular complexity index is 1160. The van der Waals surface area contributed by atoms with E-state index in [1.807, 2.05) is 23.6 Å². The van der Waals surface area contributed by atoms with Gasteiger partial charge in [0.1, 0.15) is 4.92 Å². The Morgan fingerprint density at radius 3 is 2.76 bits per heavy atom.